The standard InChI is InChI=1S/C21H23ClN2O/c22-20-8-6-17(7-9-20)10-13-23-21(25)16-24-14-11-19(12-15-24)18-4-2-1-3-5-18/h1-9,11H,10,12-16H2,(H,23,25)/p+1. The highest BCUT2D eigenvalue weighted by molar-refractivity contribution is 6.30. The Balaban J connectivity index is 1.40. The van der Waals surface area contributed by atoms with E-state index in [1.165, 1.54) is 21.6 Å². The minimum absolute atomic E-state index is 0.125. The van der Waals surface area contributed by atoms with E-state index < -0.39 is 0 Å². The molecule has 2 N–H and O–H groups in total. The SMILES string of the molecule is O=C(C[NH+]1CC=C(c2ccccc2)CC1)NCCc1ccc(Cl)cc1. The van der Waals surface area contributed by atoms with E-state index in [1.807, 2.05) is 30.3 Å². The molecule has 2 aromatic rings. The molecule has 0 bridgehead atoms. The lowest BCUT2D eigenvalue weighted by Crippen LogP contribution is -3.13. The highest BCUT2D eigenvalue weighted by atomic mass is 35.5. The Morgan fingerprint density at radius 2 is 1.84 bits per heavy atom. The van der Waals surface area contributed by atoms with Gasteiger partial charge in [0.15, 0.2) is 6.54 Å². The lowest BCUT2D eigenvalue weighted by molar-refractivity contribution is -0.886. The maximum Gasteiger partial charge on any atom is 0.275 e. The first-order chi connectivity index (χ1) is 12.2. The van der Waals surface area contributed by atoms with Crippen LogP contribution in [0.1, 0.15) is 17.5 Å². The van der Waals surface area contributed by atoms with E-state index in [1.54, 1.807) is 0 Å². The lowest BCUT2D eigenvalue weighted by atomic mass is 10.00. The van der Waals surface area contributed by atoms with E-state index in [-0.39, 0.29) is 5.91 Å². The van der Waals surface area contributed by atoms with Gasteiger partial charge in [-0.05, 0) is 41.3 Å². The van der Waals surface area contributed by atoms with Crippen LogP contribution >= 0.6 is 11.6 Å². The maximum absolute atomic E-state index is 12.1. The average Bonchev–Trinajstić information content (AvgIpc) is 2.65. The molecule has 0 aliphatic carbocycles. The van der Waals surface area contributed by atoms with Crippen LogP contribution in [-0.4, -0.2) is 32.1 Å². The molecule has 0 saturated heterocycles. The van der Waals surface area contributed by atoms with Gasteiger partial charge in [-0.2, -0.15) is 0 Å². The molecule has 2 aromatic carbocycles. The molecule has 1 atom stereocenters. The van der Waals surface area contributed by atoms with Gasteiger partial charge in [-0.15, -0.1) is 0 Å². The number of nitrogens with one attached hydrogen (secondary N) is 2. The van der Waals surface area contributed by atoms with E-state index in [9.17, 15) is 4.79 Å². The van der Waals surface area contributed by atoms with E-state index in [4.69, 9.17) is 11.6 Å². The number of halogens is 1. The zero-order valence-corrected chi connectivity index (χ0v) is 15.1. The van der Waals surface area contributed by atoms with Crippen molar-refractivity contribution in [3.05, 3.63) is 76.8 Å². The van der Waals surface area contributed by atoms with Crippen molar-refractivity contribution < 1.29 is 9.69 Å². The lowest BCUT2D eigenvalue weighted by Gasteiger charge is -2.23. The third kappa shape index (κ3) is 5.45. The van der Waals surface area contributed by atoms with Crippen LogP contribution in [-0.2, 0) is 11.2 Å². The summed E-state index contributed by atoms with van der Waals surface area (Å²) < 4.78 is 0. The van der Waals surface area contributed by atoms with Crippen molar-refractivity contribution in [1.82, 2.24) is 5.32 Å². The smallest absolute Gasteiger partial charge is 0.275 e. The van der Waals surface area contributed by atoms with E-state index in [0.29, 0.717) is 13.1 Å². The number of hydrogen-bond donors (Lipinski definition) is 2. The first-order valence-corrected chi connectivity index (χ1v) is 9.17. The van der Waals surface area contributed by atoms with Gasteiger partial charge in [-0.25, -0.2) is 0 Å². The largest absolute Gasteiger partial charge is 0.351 e. The van der Waals surface area contributed by atoms with Gasteiger partial charge >= 0.3 is 0 Å². The Morgan fingerprint density at radius 1 is 1.08 bits per heavy atom. The Labute approximate surface area is 154 Å². The number of hydrogen-bond acceptors (Lipinski definition) is 1. The molecule has 0 aromatic heterocycles. The number of amides is 1. The maximum atomic E-state index is 12.1. The van der Waals surface area contributed by atoms with Crippen LogP contribution in [0.5, 0.6) is 0 Å². The minimum atomic E-state index is 0.125. The van der Waals surface area contributed by atoms with Gasteiger partial charge in [0.05, 0.1) is 13.1 Å². The molecule has 1 heterocycles. The fourth-order valence-electron chi connectivity index (χ4n) is 3.14. The highest BCUT2D eigenvalue weighted by Gasteiger charge is 2.18. The molecule has 0 spiro atoms. The second-order valence-electron chi connectivity index (χ2n) is 6.45. The predicted molar refractivity (Wildman–Crippen MR) is 103 cm³/mol. The van der Waals surface area contributed by atoms with Crippen LogP contribution < -0.4 is 10.2 Å². The number of rotatable bonds is 6. The number of carbonyl (C=O) groups excluding carboxylic acids is 1. The van der Waals surface area contributed by atoms with Gasteiger partial charge in [0, 0.05) is 18.0 Å². The van der Waals surface area contributed by atoms with Gasteiger partial charge in [-0.3, -0.25) is 4.79 Å². The molecule has 1 aliphatic heterocycles. The first-order valence-electron chi connectivity index (χ1n) is 8.80. The van der Waals surface area contributed by atoms with Crippen molar-refractivity contribution >= 4 is 23.1 Å². The predicted octanol–water partition coefficient (Wildman–Crippen LogP) is 2.37. The molecule has 130 valence electrons. The summed E-state index contributed by atoms with van der Waals surface area (Å²) in [4.78, 5) is 13.5. The third-order valence-corrected chi connectivity index (χ3v) is 4.84. The summed E-state index contributed by atoms with van der Waals surface area (Å²) in [5.74, 6) is 0.125. The summed E-state index contributed by atoms with van der Waals surface area (Å²) in [6.45, 7) is 3.12. The van der Waals surface area contributed by atoms with Gasteiger partial charge in [0.1, 0.15) is 0 Å². The monoisotopic (exact) mass is 355 g/mol. The molecule has 4 heteroatoms. The number of benzene rings is 2. The fraction of sp³-hybridized carbons (Fsp3) is 0.286. The van der Waals surface area contributed by atoms with Gasteiger partial charge in [0.25, 0.3) is 5.91 Å². The highest BCUT2D eigenvalue weighted by Crippen LogP contribution is 2.17. The van der Waals surface area contributed by atoms with Gasteiger partial charge in [-0.1, -0.05) is 54.1 Å². The third-order valence-electron chi connectivity index (χ3n) is 4.59. The molecule has 0 radical (unpaired) electrons. The van der Waals surface area contributed by atoms with E-state index in [2.05, 4.69) is 35.7 Å². The van der Waals surface area contributed by atoms with Crippen LogP contribution in [0.4, 0.5) is 0 Å². The molecule has 1 unspecified atom stereocenters. The van der Waals surface area contributed by atoms with Crippen molar-refractivity contribution in [3.8, 4) is 0 Å². The summed E-state index contributed by atoms with van der Waals surface area (Å²) in [7, 11) is 0. The Hall–Kier alpha value is -2.10. The van der Waals surface area contributed by atoms with Crippen LogP contribution in [0.25, 0.3) is 5.57 Å². The van der Waals surface area contributed by atoms with Gasteiger partial charge in [0.2, 0.25) is 0 Å². The normalized spacial score (nSPS) is 17.0. The first kappa shape index (κ1) is 17.7. The molecular weight excluding hydrogens is 332 g/mol. The molecule has 0 fully saturated rings. The Kier molecular flexibility index (Phi) is 6.26. The number of carbonyl (C=O) groups is 1. The zero-order chi connectivity index (χ0) is 17.5. The van der Waals surface area contributed by atoms with Crippen molar-refractivity contribution in [3.63, 3.8) is 0 Å². The molecule has 3 rings (SSSR count). The molecule has 25 heavy (non-hydrogen) atoms. The van der Waals surface area contributed by atoms with Crippen LogP contribution in [0.3, 0.4) is 0 Å². The topological polar surface area (TPSA) is 33.5 Å². The second-order valence-corrected chi connectivity index (χ2v) is 6.89. The Morgan fingerprint density at radius 3 is 2.52 bits per heavy atom. The van der Waals surface area contributed by atoms with Crippen molar-refractivity contribution in [1.29, 1.82) is 0 Å². The molecule has 1 aliphatic rings. The fourth-order valence-corrected chi connectivity index (χ4v) is 3.27. The van der Waals surface area contributed by atoms with Crippen molar-refractivity contribution in [2.75, 3.05) is 26.2 Å². The molecular formula is C21H24ClN2O+. The van der Waals surface area contributed by atoms with Crippen LogP contribution in [0.15, 0.2) is 60.7 Å². The van der Waals surface area contributed by atoms with Gasteiger partial charge < -0.3 is 10.2 Å². The van der Waals surface area contributed by atoms with Crippen LogP contribution in [0, 0.1) is 0 Å². The molecule has 1 amide bonds. The zero-order valence-electron chi connectivity index (χ0n) is 14.3. The minimum Gasteiger partial charge on any atom is -0.351 e. The Bertz CT molecular complexity index is 725. The summed E-state index contributed by atoms with van der Waals surface area (Å²) in [6.07, 6.45) is 4.13. The quantitative estimate of drug-likeness (QED) is 0.819. The van der Waals surface area contributed by atoms with E-state index in [0.717, 1.165) is 31.0 Å². The summed E-state index contributed by atoms with van der Waals surface area (Å²) in [6, 6.07) is 18.3. The average molecular weight is 356 g/mol. The molecule has 3 nitrogen and oxygen atoms in total. The summed E-state index contributed by atoms with van der Waals surface area (Å²) in [5, 5.41) is 3.76. The summed E-state index contributed by atoms with van der Waals surface area (Å²) in [5.41, 5.74) is 3.88. The summed E-state index contributed by atoms with van der Waals surface area (Å²) >= 11 is 5.88. The molecule has 0 saturated carbocycles. The second kappa shape index (κ2) is 8.84. The van der Waals surface area contributed by atoms with Crippen LogP contribution in [0.2, 0.25) is 5.02 Å². The van der Waals surface area contributed by atoms with Crippen molar-refractivity contribution in [2.45, 2.75) is 12.8 Å². The number of quaternary nitrogens is 1. The van der Waals surface area contributed by atoms with E-state index >= 15 is 0 Å². The van der Waals surface area contributed by atoms with Crippen molar-refractivity contribution in [2.24, 2.45) is 0 Å².